The van der Waals surface area contributed by atoms with E-state index >= 15 is 0 Å². The molecule has 0 spiro atoms. The zero-order valence-corrected chi connectivity index (χ0v) is 11.1. The van der Waals surface area contributed by atoms with Gasteiger partial charge in [-0.1, -0.05) is 52.1 Å². The molecule has 0 nitrogen and oxygen atoms in total. The molecule has 0 aromatic heterocycles. The van der Waals surface area contributed by atoms with E-state index in [2.05, 4.69) is 47.3 Å². The van der Waals surface area contributed by atoms with Crippen molar-refractivity contribution in [3.05, 3.63) is 22.5 Å². The van der Waals surface area contributed by atoms with Crippen LogP contribution in [-0.2, 0) is 0 Å². The summed E-state index contributed by atoms with van der Waals surface area (Å²) >= 11 is 1.87. The summed E-state index contributed by atoms with van der Waals surface area (Å²) in [5.41, 5.74) is 0. The topological polar surface area (TPSA) is 0 Å². The van der Waals surface area contributed by atoms with Crippen LogP contribution in [0, 0.1) is 11.8 Å². The lowest BCUT2D eigenvalue weighted by atomic mass is 10.1. The van der Waals surface area contributed by atoms with E-state index in [0.717, 1.165) is 12.3 Å². The molecule has 0 bridgehead atoms. The van der Waals surface area contributed by atoms with Crippen LogP contribution in [0.15, 0.2) is 22.5 Å². The second-order valence-electron chi connectivity index (χ2n) is 4.59. The maximum Gasteiger partial charge on any atom is -0.0146 e. The van der Waals surface area contributed by atoms with Gasteiger partial charge in [0.2, 0.25) is 0 Å². The fraction of sp³-hybridized carbons (Fsp3) is 0.692. The van der Waals surface area contributed by atoms with Gasteiger partial charge in [-0.05, 0) is 41.4 Å². The van der Waals surface area contributed by atoms with Gasteiger partial charge in [0.25, 0.3) is 0 Å². The first-order chi connectivity index (χ1) is 6.45. The Morgan fingerprint density at radius 3 is 2.00 bits per heavy atom. The van der Waals surface area contributed by atoms with Crippen molar-refractivity contribution in [1.82, 2.24) is 0 Å². The predicted molar refractivity (Wildman–Crippen MR) is 69.4 cm³/mol. The Labute approximate surface area is 93.9 Å². The molecule has 0 N–H and O–H groups in total. The summed E-state index contributed by atoms with van der Waals surface area (Å²) in [4.78, 5) is 2.76. The Morgan fingerprint density at radius 1 is 1.14 bits per heavy atom. The van der Waals surface area contributed by atoms with E-state index in [9.17, 15) is 0 Å². The molecular weight excluding hydrogens is 188 g/mol. The molecule has 0 aliphatic carbocycles. The third kappa shape index (κ3) is 7.25. The molecule has 0 rings (SSSR count). The molecule has 0 atom stereocenters. The maximum absolute atomic E-state index is 4.11. The van der Waals surface area contributed by atoms with E-state index in [4.69, 9.17) is 0 Å². The van der Waals surface area contributed by atoms with Gasteiger partial charge < -0.3 is 0 Å². The normalized spacial score (nSPS) is 12.6. The van der Waals surface area contributed by atoms with E-state index in [-0.39, 0.29) is 0 Å². The quantitative estimate of drug-likeness (QED) is 0.581. The van der Waals surface area contributed by atoms with Crippen LogP contribution >= 0.6 is 11.8 Å². The van der Waals surface area contributed by atoms with Gasteiger partial charge in [-0.3, -0.25) is 0 Å². The molecule has 0 saturated carbocycles. The second-order valence-corrected chi connectivity index (χ2v) is 5.90. The van der Waals surface area contributed by atoms with Crippen molar-refractivity contribution in [2.45, 2.75) is 47.5 Å². The van der Waals surface area contributed by atoms with Crippen LogP contribution in [0.5, 0.6) is 0 Å². The van der Waals surface area contributed by atoms with Crippen molar-refractivity contribution in [2.75, 3.05) is 0 Å². The highest BCUT2D eigenvalue weighted by atomic mass is 32.2. The molecule has 14 heavy (non-hydrogen) atoms. The van der Waals surface area contributed by atoms with Gasteiger partial charge in [0.05, 0.1) is 0 Å². The van der Waals surface area contributed by atoms with E-state index in [1.54, 1.807) is 0 Å². The van der Waals surface area contributed by atoms with Crippen LogP contribution in [0.1, 0.15) is 47.5 Å². The number of allylic oxidation sites excluding steroid dienone is 3. The molecular formula is C13H24S. The molecule has 0 heterocycles. The monoisotopic (exact) mass is 212 g/mol. The standard InChI is InChI=1S/C13H24S/c1-7-13(9-11(4)5)14-12(6)8-10(2)3/h7,10-11H,6,8-9H2,1-5H3/b13-7-. The average molecular weight is 212 g/mol. The first-order valence-corrected chi connectivity index (χ1v) is 6.28. The van der Waals surface area contributed by atoms with Crippen molar-refractivity contribution in [3.8, 4) is 0 Å². The Morgan fingerprint density at radius 2 is 1.64 bits per heavy atom. The van der Waals surface area contributed by atoms with Gasteiger partial charge in [0, 0.05) is 0 Å². The molecule has 0 aromatic carbocycles. The van der Waals surface area contributed by atoms with Crippen LogP contribution < -0.4 is 0 Å². The Kier molecular flexibility index (Phi) is 7.08. The van der Waals surface area contributed by atoms with E-state index in [1.165, 1.54) is 16.2 Å². The molecule has 0 unspecified atom stereocenters. The molecule has 0 aliphatic rings. The van der Waals surface area contributed by atoms with Crippen molar-refractivity contribution < 1.29 is 0 Å². The summed E-state index contributed by atoms with van der Waals surface area (Å²) in [6.45, 7) is 15.2. The third-order valence-corrected chi connectivity index (χ3v) is 2.96. The molecule has 1 heteroatoms. The van der Waals surface area contributed by atoms with Crippen LogP contribution in [0.4, 0.5) is 0 Å². The summed E-state index contributed by atoms with van der Waals surface area (Å²) < 4.78 is 0. The van der Waals surface area contributed by atoms with Crippen molar-refractivity contribution in [3.63, 3.8) is 0 Å². The van der Waals surface area contributed by atoms with Crippen molar-refractivity contribution in [2.24, 2.45) is 11.8 Å². The lowest BCUT2D eigenvalue weighted by molar-refractivity contribution is 0.654. The number of hydrogen-bond donors (Lipinski definition) is 0. The first kappa shape index (κ1) is 13.8. The second kappa shape index (κ2) is 7.17. The third-order valence-electron chi connectivity index (χ3n) is 1.84. The summed E-state index contributed by atoms with van der Waals surface area (Å²) in [5, 5.41) is 0. The Hall–Kier alpha value is -0.170. The molecule has 0 radical (unpaired) electrons. The highest BCUT2D eigenvalue weighted by molar-refractivity contribution is 8.06. The summed E-state index contributed by atoms with van der Waals surface area (Å²) in [7, 11) is 0. The zero-order valence-electron chi connectivity index (χ0n) is 10.3. The summed E-state index contributed by atoms with van der Waals surface area (Å²) in [6.07, 6.45) is 4.52. The molecule has 0 saturated heterocycles. The minimum Gasteiger partial charge on any atom is -0.1000 e. The number of hydrogen-bond acceptors (Lipinski definition) is 1. The lowest BCUT2D eigenvalue weighted by Gasteiger charge is -2.12. The van der Waals surface area contributed by atoms with Gasteiger partial charge in [-0.2, -0.15) is 0 Å². The van der Waals surface area contributed by atoms with Crippen LogP contribution in [0.25, 0.3) is 0 Å². The van der Waals surface area contributed by atoms with Gasteiger partial charge in [-0.15, -0.1) is 0 Å². The number of rotatable bonds is 6. The highest BCUT2D eigenvalue weighted by Gasteiger charge is 2.05. The van der Waals surface area contributed by atoms with Gasteiger partial charge in [0.15, 0.2) is 0 Å². The molecule has 0 aliphatic heterocycles. The number of thioether (sulfide) groups is 1. The Balaban J connectivity index is 4.00. The maximum atomic E-state index is 4.11. The molecule has 0 fully saturated rings. The van der Waals surface area contributed by atoms with Crippen LogP contribution in [0.2, 0.25) is 0 Å². The smallest absolute Gasteiger partial charge is 0.0146 e. The molecule has 0 amide bonds. The van der Waals surface area contributed by atoms with E-state index in [0.29, 0.717) is 5.92 Å². The predicted octanol–water partition coefficient (Wildman–Crippen LogP) is 5.23. The summed E-state index contributed by atoms with van der Waals surface area (Å²) in [5.74, 6) is 1.45. The van der Waals surface area contributed by atoms with Crippen molar-refractivity contribution >= 4 is 11.8 Å². The molecule has 0 aromatic rings. The lowest BCUT2D eigenvalue weighted by Crippen LogP contribution is -1.91. The van der Waals surface area contributed by atoms with E-state index < -0.39 is 0 Å². The minimum absolute atomic E-state index is 0.715. The fourth-order valence-corrected chi connectivity index (χ4v) is 2.63. The van der Waals surface area contributed by atoms with Gasteiger partial charge >= 0.3 is 0 Å². The molecule has 82 valence electrons. The highest BCUT2D eigenvalue weighted by Crippen LogP contribution is 2.32. The SMILES string of the molecule is C=C(CC(C)C)S/C(=C\C)CC(C)C. The van der Waals surface area contributed by atoms with Gasteiger partial charge in [-0.25, -0.2) is 0 Å². The zero-order chi connectivity index (χ0) is 11.1. The van der Waals surface area contributed by atoms with Gasteiger partial charge in [0.1, 0.15) is 0 Å². The van der Waals surface area contributed by atoms with Crippen LogP contribution in [-0.4, -0.2) is 0 Å². The average Bonchev–Trinajstić information content (AvgIpc) is 2.00. The van der Waals surface area contributed by atoms with Crippen molar-refractivity contribution in [1.29, 1.82) is 0 Å². The minimum atomic E-state index is 0.715. The first-order valence-electron chi connectivity index (χ1n) is 5.46. The summed E-state index contributed by atoms with van der Waals surface area (Å²) in [6, 6.07) is 0. The fourth-order valence-electron chi connectivity index (χ4n) is 1.30. The van der Waals surface area contributed by atoms with Crippen LogP contribution in [0.3, 0.4) is 0 Å². The Bertz CT molecular complexity index is 199. The van der Waals surface area contributed by atoms with E-state index in [1.807, 2.05) is 11.8 Å². The largest absolute Gasteiger partial charge is 0.1000 e.